The quantitative estimate of drug-likeness (QED) is 0.392. The maximum atomic E-state index is 13.2. The minimum absolute atomic E-state index is 0.0448. The van der Waals surface area contributed by atoms with Crippen molar-refractivity contribution in [2.45, 2.75) is 5.16 Å². The zero-order chi connectivity index (χ0) is 19.4. The molecule has 0 saturated heterocycles. The van der Waals surface area contributed by atoms with E-state index in [1.807, 2.05) is 0 Å². The third-order valence-corrected chi connectivity index (χ3v) is 4.56. The third kappa shape index (κ3) is 4.26. The van der Waals surface area contributed by atoms with Crippen LogP contribution in [0.3, 0.4) is 0 Å². The maximum Gasteiger partial charge on any atom is 0.295 e. The summed E-state index contributed by atoms with van der Waals surface area (Å²) in [7, 11) is 1.76. The third-order valence-electron chi connectivity index (χ3n) is 3.54. The standard InChI is InChI=1S/C16H13FN6O3S/c1-22-15(10-4-6-18-7-5-10)20-21-16(22)27-9-14(24)19-12-3-2-11(17)8-13(12)23(25)26/h2-8H,9H2,1H3,(H,19,24). The van der Waals surface area contributed by atoms with Crippen LogP contribution in [0, 0.1) is 15.9 Å². The molecule has 0 atom stereocenters. The topological polar surface area (TPSA) is 116 Å². The number of rotatable bonds is 6. The molecule has 1 amide bonds. The minimum Gasteiger partial charge on any atom is -0.320 e. The van der Waals surface area contributed by atoms with Gasteiger partial charge in [-0.15, -0.1) is 10.2 Å². The van der Waals surface area contributed by atoms with Crippen molar-refractivity contribution in [3.8, 4) is 11.4 Å². The molecular weight excluding hydrogens is 375 g/mol. The fraction of sp³-hybridized carbons (Fsp3) is 0.125. The Labute approximate surface area is 156 Å². The van der Waals surface area contributed by atoms with E-state index < -0.39 is 22.3 Å². The molecule has 0 bridgehead atoms. The average molecular weight is 388 g/mol. The van der Waals surface area contributed by atoms with E-state index >= 15 is 0 Å². The van der Waals surface area contributed by atoms with E-state index in [0.717, 1.165) is 35.5 Å². The van der Waals surface area contributed by atoms with Gasteiger partial charge >= 0.3 is 0 Å². The Balaban J connectivity index is 1.67. The van der Waals surface area contributed by atoms with E-state index in [-0.39, 0.29) is 11.4 Å². The second-order valence-corrected chi connectivity index (χ2v) is 6.30. The highest BCUT2D eigenvalue weighted by molar-refractivity contribution is 7.99. The summed E-state index contributed by atoms with van der Waals surface area (Å²) in [6.07, 6.45) is 3.28. The fourth-order valence-electron chi connectivity index (χ4n) is 2.27. The number of nitrogens with zero attached hydrogens (tertiary/aromatic N) is 5. The highest BCUT2D eigenvalue weighted by Crippen LogP contribution is 2.26. The Kier molecular flexibility index (Phi) is 5.41. The number of carbonyl (C=O) groups is 1. The van der Waals surface area contributed by atoms with Crippen molar-refractivity contribution in [3.63, 3.8) is 0 Å². The first-order valence-corrected chi connectivity index (χ1v) is 8.60. The summed E-state index contributed by atoms with van der Waals surface area (Å²) < 4.78 is 14.9. The molecule has 0 aliphatic carbocycles. The lowest BCUT2D eigenvalue weighted by Gasteiger charge is -2.06. The van der Waals surface area contributed by atoms with Gasteiger partial charge in [0.05, 0.1) is 16.7 Å². The van der Waals surface area contributed by atoms with Crippen molar-refractivity contribution in [3.05, 3.63) is 58.7 Å². The van der Waals surface area contributed by atoms with Crippen LogP contribution in [0.2, 0.25) is 0 Å². The van der Waals surface area contributed by atoms with Gasteiger partial charge in [-0.05, 0) is 24.3 Å². The molecule has 9 nitrogen and oxygen atoms in total. The van der Waals surface area contributed by atoms with Gasteiger partial charge < -0.3 is 9.88 Å². The highest BCUT2D eigenvalue weighted by Gasteiger charge is 2.18. The van der Waals surface area contributed by atoms with Gasteiger partial charge in [-0.3, -0.25) is 19.9 Å². The second-order valence-electron chi connectivity index (χ2n) is 5.36. The van der Waals surface area contributed by atoms with Gasteiger partial charge in [0.25, 0.3) is 5.69 Å². The zero-order valence-corrected chi connectivity index (χ0v) is 14.8. The molecule has 0 spiro atoms. The molecule has 138 valence electrons. The Morgan fingerprint density at radius 3 is 2.74 bits per heavy atom. The Morgan fingerprint density at radius 2 is 2.04 bits per heavy atom. The van der Waals surface area contributed by atoms with Gasteiger partial charge in [-0.1, -0.05) is 11.8 Å². The highest BCUT2D eigenvalue weighted by atomic mass is 32.2. The van der Waals surface area contributed by atoms with Crippen LogP contribution in [0.4, 0.5) is 15.8 Å². The summed E-state index contributed by atoms with van der Waals surface area (Å²) in [5, 5.41) is 22.0. The van der Waals surface area contributed by atoms with Crippen LogP contribution in [0.25, 0.3) is 11.4 Å². The predicted octanol–water partition coefficient (Wildman–Crippen LogP) is 2.66. The lowest BCUT2D eigenvalue weighted by Crippen LogP contribution is -2.15. The van der Waals surface area contributed by atoms with E-state index in [9.17, 15) is 19.3 Å². The van der Waals surface area contributed by atoms with Crippen molar-refractivity contribution >= 4 is 29.0 Å². The Hall–Kier alpha value is -3.34. The smallest absolute Gasteiger partial charge is 0.295 e. The van der Waals surface area contributed by atoms with Crippen LogP contribution in [0.15, 0.2) is 47.9 Å². The molecule has 0 saturated carbocycles. The second kappa shape index (κ2) is 7.91. The van der Waals surface area contributed by atoms with Crippen LogP contribution < -0.4 is 5.32 Å². The number of nitro benzene ring substituents is 1. The molecule has 0 aliphatic heterocycles. The molecule has 0 aliphatic rings. The van der Waals surface area contributed by atoms with Gasteiger partial charge in [-0.25, -0.2) is 4.39 Å². The summed E-state index contributed by atoms with van der Waals surface area (Å²) in [4.78, 5) is 26.3. The number of anilines is 1. The zero-order valence-electron chi connectivity index (χ0n) is 14.0. The van der Waals surface area contributed by atoms with Crippen LogP contribution in [-0.2, 0) is 11.8 Å². The normalized spacial score (nSPS) is 10.6. The SMILES string of the molecule is Cn1c(SCC(=O)Nc2ccc(F)cc2[N+](=O)[O-])nnc1-c1ccncc1. The van der Waals surface area contributed by atoms with Gasteiger partial charge in [-0.2, -0.15) is 0 Å². The number of halogens is 1. The molecule has 27 heavy (non-hydrogen) atoms. The predicted molar refractivity (Wildman–Crippen MR) is 96.6 cm³/mol. The molecule has 3 rings (SSSR count). The van der Waals surface area contributed by atoms with Gasteiger partial charge in [0.1, 0.15) is 11.5 Å². The lowest BCUT2D eigenvalue weighted by atomic mass is 10.2. The maximum absolute atomic E-state index is 13.2. The largest absolute Gasteiger partial charge is 0.320 e. The van der Waals surface area contributed by atoms with Gasteiger partial charge in [0.2, 0.25) is 5.91 Å². The van der Waals surface area contributed by atoms with Crippen LogP contribution in [0.5, 0.6) is 0 Å². The molecule has 11 heteroatoms. The number of benzene rings is 1. The number of thioether (sulfide) groups is 1. The van der Waals surface area contributed by atoms with Crippen molar-refractivity contribution < 1.29 is 14.1 Å². The number of aromatic nitrogens is 4. The molecule has 1 aromatic carbocycles. The molecule has 0 unspecified atom stereocenters. The summed E-state index contributed by atoms with van der Waals surface area (Å²) >= 11 is 1.13. The van der Waals surface area contributed by atoms with Crippen molar-refractivity contribution in [1.29, 1.82) is 0 Å². The van der Waals surface area contributed by atoms with Gasteiger partial charge in [0.15, 0.2) is 11.0 Å². The molecule has 3 aromatic rings. The first-order valence-electron chi connectivity index (χ1n) is 7.62. The number of nitro groups is 1. The van der Waals surface area contributed by atoms with Gasteiger partial charge in [0, 0.05) is 25.0 Å². The van der Waals surface area contributed by atoms with Crippen LogP contribution in [-0.4, -0.2) is 36.3 Å². The number of hydrogen-bond acceptors (Lipinski definition) is 7. The number of amides is 1. The van der Waals surface area contributed by atoms with Crippen molar-refractivity contribution in [2.75, 3.05) is 11.1 Å². The molecular formula is C16H13FN6O3S. The van der Waals surface area contributed by atoms with E-state index in [1.54, 1.807) is 36.1 Å². The van der Waals surface area contributed by atoms with Crippen LogP contribution >= 0.6 is 11.8 Å². The van der Waals surface area contributed by atoms with E-state index in [1.165, 1.54) is 0 Å². The molecule has 2 aromatic heterocycles. The monoisotopic (exact) mass is 388 g/mol. The number of carbonyl (C=O) groups excluding carboxylic acids is 1. The van der Waals surface area contributed by atoms with E-state index in [2.05, 4.69) is 20.5 Å². The first-order chi connectivity index (χ1) is 13.0. The van der Waals surface area contributed by atoms with Crippen molar-refractivity contribution in [2.24, 2.45) is 7.05 Å². The lowest BCUT2D eigenvalue weighted by molar-refractivity contribution is -0.384. The number of hydrogen-bond donors (Lipinski definition) is 1. The van der Waals surface area contributed by atoms with Crippen LogP contribution in [0.1, 0.15) is 0 Å². The molecule has 1 N–H and O–H groups in total. The minimum atomic E-state index is -0.754. The summed E-state index contributed by atoms with van der Waals surface area (Å²) in [5.41, 5.74) is 0.257. The summed E-state index contributed by atoms with van der Waals surface area (Å²) in [6, 6.07) is 6.53. The fourth-order valence-corrected chi connectivity index (χ4v) is 2.98. The number of pyridine rings is 1. The molecule has 2 heterocycles. The molecule has 0 fully saturated rings. The Bertz CT molecular complexity index is 995. The Morgan fingerprint density at radius 1 is 1.30 bits per heavy atom. The summed E-state index contributed by atoms with van der Waals surface area (Å²) in [6.45, 7) is 0. The average Bonchev–Trinajstić information content (AvgIpc) is 3.02. The molecule has 0 radical (unpaired) electrons. The van der Waals surface area contributed by atoms with Crippen molar-refractivity contribution in [1.82, 2.24) is 19.7 Å². The van der Waals surface area contributed by atoms with E-state index in [0.29, 0.717) is 11.0 Å². The number of nitrogens with one attached hydrogen (secondary N) is 1. The summed E-state index contributed by atoms with van der Waals surface area (Å²) in [5.74, 6) is -0.661. The first kappa shape index (κ1) is 18.5. The van der Waals surface area contributed by atoms with E-state index in [4.69, 9.17) is 0 Å².